The van der Waals surface area contributed by atoms with Crippen molar-refractivity contribution in [3.8, 4) is 0 Å². The standard InChI is InChI=1S/C7H15N/c1-5(2)7(3)4-6(7)8/h5-6H,4,8H2,1-3H3. The summed E-state index contributed by atoms with van der Waals surface area (Å²) < 4.78 is 0. The molecule has 2 N–H and O–H groups in total. The van der Waals surface area contributed by atoms with Crippen LogP contribution in [0, 0.1) is 11.3 Å². The van der Waals surface area contributed by atoms with Crippen LogP contribution >= 0.6 is 0 Å². The summed E-state index contributed by atoms with van der Waals surface area (Å²) in [7, 11) is 0. The molecule has 0 aromatic heterocycles. The fourth-order valence-corrected chi connectivity index (χ4v) is 1.08. The van der Waals surface area contributed by atoms with Gasteiger partial charge in [-0.15, -0.1) is 0 Å². The summed E-state index contributed by atoms with van der Waals surface area (Å²) in [6.45, 7) is 6.75. The van der Waals surface area contributed by atoms with E-state index in [1.807, 2.05) is 0 Å². The van der Waals surface area contributed by atoms with Gasteiger partial charge < -0.3 is 5.73 Å². The van der Waals surface area contributed by atoms with Crippen molar-refractivity contribution in [2.45, 2.75) is 33.2 Å². The molecule has 1 saturated carbocycles. The zero-order valence-corrected chi connectivity index (χ0v) is 5.94. The summed E-state index contributed by atoms with van der Waals surface area (Å²) >= 11 is 0. The first kappa shape index (κ1) is 6.09. The summed E-state index contributed by atoms with van der Waals surface area (Å²) in [6.07, 6.45) is 1.23. The van der Waals surface area contributed by atoms with Crippen LogP contribution in [0.3, 0.4) is 0 Å². The van der Waals surface area contributed by atoms with Gasteiger partial charge in [-0.2, -0.15) is 0 Å². The van der Waals surface area contributed by atoms with Gasteiger partial charge in [0.2, 0.25) is 0 Å². The van der Waals surface area contributed by atoms with Gasteiger partial charge in [0.15, 0.2) is 0 Å². The lowest BCUT2D eigenvalue weighted by Gasteiger charge is -2.12. The van der Waals surface area contributed by atoms with Crippen LogP contribution in [0.4, 0.5) is 0 Å². The van der Waals surface area contributed by atoms with Gasteiger partial charge in [-0.1, -0.05) is 20.8 Å². The van der Waals surface area contributed by atoms with E-state index in [1.54, 1.807) is 0 Å². The fraction of sp³-hybridized carbons (Fsp3) is 1.00. The van der Waals surface area contributed by atoms with Gasteiger partial charge in [0.1, 0.15) is 0 Å². The topological polar surface area (TPSA) is 26.0 Å². The largest absolute Gasteiger partial charge is 0.327 e. The van der Waals surface area contributed by atoms with Gasteiger partial charge in [-0.25, -0.2) is 0 Å². The second-order valence-corrected chi connectivity index (χ2v) is 3.47. The van der Waals surface area contributed by atoms with E-state index in [2.05, 4.69) is 20.8 Å². The Morgan fingerprint density at radius 1 is 1.62 bits per heavy atom. The maximum absolute atomic E-state index is 5.70. The highest BCUT2D eigenvalue weighted by Crippen LogP contribution is 2.49. The molecule has 0 heterocycles. The summed E-state index contributed by atoms with van der Waals surface area (Å²) in [5.41, 5.74) is 6.19. The van der Waals surface area contributed by atoms with Gasteiger partial charge >= 0.3 is 0 Å². The van der Waals surface area contributed by atoms with Crippen molar-refractivity contribution >= 4 is 0 Å². The van der Waals surface area contributed by atoms with Gasteiger partial charge in [-0.05, 0) is 17.8 Å². The highest BCUT2D eigenvalue weighted by Gasteiger charge is 2.49. The van der Waals surface area contributed by atoms with E-state index in [1.165, 1.54) is 6.42 Å². The molecule has 2 atom stereocenters. The molecule has 0 radical (unpaired) electrons. The third-order valence-corrected chi connectivity index (χ3v) is 2.67. The number of nitrogens with two attached hydrogens (primary N) is 1. The zero-order chi connectivity index (χ0) is 6.36. The van der Waals surface area contributed by atoms with Gasteiger partial charge in [-0.3, -0.25) is 0 Å². The lowest BCUT2D eigenvalue weighted by Crippen LogP contribution is -2.15. The van der Waals surface area contributed by atoms with E-state index in [0.717, 1.165) is 5.92 Å². The van der Waals surface area contributed by atoms with E-state index in [4.69, 9.17) is 5.73 Å². The zero-order valence-electron chi connectivity index (χ0n) is 5.94. The van der Waals surface area contributed by atoms with Gasteiger partial charge in [0.25, 0.3) is 0 Å². The summed E-state index contributed by atoms with van der Waals surface area (Å²) in [5.74, 6) is 0.762. The summed E-state index contributed by atoms with van der Waals surface area (Å²) in [4.78, 5) is 0. The molecular formula is C7H15N. The predicted molar refractivity (Wildman–Crippen MR) is 35.5 cm³/mol. The molecule has 1 fully saturated rings. The second-order valence-electron chi connectivity index (χ2n) is 3.47. The maximum Gasteiger partial charge on any atom is 0.0102 e. The fourth-order valence-electron chi connectivity index (χ4n) is 1.08. The Kier molecular flexibility index (Phi) is 1.12. The smallest absolute Gasteiger partial charge is 0.0102 e. The third-order valence-electron chi connectivity index (χ3n) is 2.67. The molecule has 48 valence electrons. The molecule has 0 aliphatic heterocycles. The van der Waals surface area contributed by atoms with Crippen molar-refractivity contribution in [3.05, 3.63) is 0 Å². The van der Waals surface area contributed by atoms with Gasteiger partial charge in [0, 0.05) is 6.04 Å². The minimum atomic E-state index is 0.486. The lowest BCUT2D eigenvalue weighted by molar-refractivity contribution is 0.382. The molecule has 8 heavy (non-hydrogen) atoms. The quantitative estimate of drug-likeness (QED) is 0.546. The maximum atomic E-state index is 5.70. The van der Waals surface area contributed by atoms with Crippen molar-refractivity contribution in [2.75, 3.05) is 0 Å². The molecule has 0 saturated heterocycles. The number of hydrogen-bond donors (Lipinski definition) is 1. The average Bonchev–Trinajstić information content (AvgIpc) is 2.17. The van der Waals surface area contributed by atoms with E-state index >= 15 is 0 Å². The molecule has 1 aliphatic rings. The van der Waals surface area contributed by atoms with Crippen molar-refractivity contribution in [1.29, 1.82) is 0 Å². The van der Waals surface area contributed by atoms with Crippen molar-refractivity contribution in [3.63, 3.8) is 0 Å². The molecule has 0 spiro atoms. The minimum Gasteiger partial charge on any atom is -0.327 e. The molecule has 1 rings (SSSR count). The SMILES string of the molecule is CC(C)C1(C)CC1N. The Labute approximate surface area is 51.3 Å². The molecule has 1 nitrogen and oxygen atoms in total. The molecular weight excluding hydrogens is 98.1 g/mol. The number of hydrogen-bond acceptors (Lipinski definition) is 1. The van der Waals surface area contributed by atoms with Gasteiger partial charge in [0.05, 0.1) is 0 Å². The Balaban J connectivity index is 2.47. The molecule has 0 aromatic rings. The minimum absolute atomic E-state index is 0.486. The second kappa shape index (κ2) is 1.47. The highest BCUT2D eigenvalue weighted by atomic mass is 14.8. The van der Waals surface area contributed by atoms with Crippen LogP contribution in [0.5, 0.6) is 0 Å². The van der Waals surface area contributed by atoms with E-state index < -0.39 is 0 Å². The van der Waals surface area contributed by atoms with Crippen LogP contribution in [0.1, 0.15) is 27.2 Å². The molecule has 0 aromatic carbocycles. The molecule has 1 heteroatoms. The van der Waals surface area contributed by atoms with E-state index in [-0.39, 0.29) is 0 Å². The summed E-state index contributed by atoms with van der Waals surface area (Å²) in [5, 5.41) is 0. The van der Waals surface area contributed by atoms with Crippen LogP contribution in [-0.4, -0.2) is 6.04 Å². The van der Waals surface area contributed by atoms with Crippen LogP contribution in [-0.2, 0) is 0 Å². The van der Waals surface area contributed by atoms with E-state index in [0.29, 0.717) is 11.5 Å². The Morgan fingerprint density at radius 3 is 2.00 bits per heavy atom. The Morgan fingerprint density at radius 2 is 2.00 bits per heavy atom. The lowest BCUT2D eigenvalue weighted by atomic mass is 9.94. The highest BCUT2D eigenvalue weighted by molar-refractivity contribution is 5.04. The molecule has 0 bridgehead atoms. The van der Waals surface area contributed by atoms with Crippen LogP contribution in [0.15, 0.2) is 0 Å². The van der Waals surface area contributed by atoms with Crippen LogP contribution in [0.2, 0.25) is 0 Å². The Hall–Kier alpha value is -0.0400. The van der Waals surface area contributed by atoms with Crippen molar-refractivity contribution < 1.29 is 0 Å². The normalized spacial score (nSPS) is 45.4. The first-order valence-corrected chi connectivity index (χ1v) is 3.33. The van der Waals surface area contributed by atoms with Crippen LogP contribution < -0.4 is 5.73 Å². The predicted octanol–water partition coefficient (Wildman–Crippen LogP) is 1.38. The average molecular weight is 113 g/mol. The first-order chi connectivity index (χ1) is 3.57. The monoisotopic (exact) mass is 113 g/mol. The first-order valence-electron chi connectivity index (χ1n) is 3.33. The molecule has 0 amide bonds. The molecule has 1 aliphatic carbocycles. The van der Waals surface area contributed by atoms with Crippen LogP contribution in [0.25, 0.3) is 0 Å². The van der Waals surface area contributed by atoms with Crippen molar-refractivity contribution in [1.82, 2.24) is 0 Å². The molecule has 2 unspecified atom stereocenters. The van der Waals surface area contributed by atoms with E-state index in [9.17, 15) is 0 Å². The number of rotatable bonds is 1. The van der Waals surface area contributed by atoms with Crippen molar-refractivity contribution in [2.24, 2.45) is 17.1 Å². The Bertz CT molecular complexity index is 98.6. The third kappa shape index (κ3) is 0.655. The summed E-state index contributed by atoms with van der Waals surface area (Å²) in [6, 6.07) is 0.488.